The topological polar surface area (TPSA) is 79.2 Å². The van der Waals surface area contributed by atoms with Gasteiger partial charge in [0, 0.05) is 63.0 Å². The Labute approximate surface area is 176 Å². The third kappa shape index (κ3) is 4.04. The molecule has 0 spiro atoms. The van der Waals surface area contributed by atoms with Gasteiger partial charge >= 0.3 is 0 Å². The van der Waals surface area contributed by atoms with Crippen LogP contribution in [-0.2, 0) is 5.79 Å². The van der Waals surface area contributed by atoms with Gasteiger partial charge in [-0.25, -0.2) is 14.6 Å². The maximum absolute atomic E-state index is 13.1. The summed E-state index contributed by atoms with van der Waals surface area (Å²) in [7, 11) is 0. The van der Waals surface area contributed by atoms with Crippen molar-refractivity contribution in [1.29, 1.82) is 0 Å². The van der Waals surface area contributed by atoms with Crippen LogP contribution in [0.25, 0.3) is 0 Å². The second kappa shape index (κ2) is 9.04. The monoisotopic (exact) mass is 405 g/mol. The van der Waals surface area contributed by atoms with E-state index in [4.69, 9.17) is 0 Å². The minimum Gasteiger partial charge on any atom is -0.338 e. The number of nitrogens with one attached hydrogen (secondary N) is 1. The quantitative estimate of drug-likeness (QED) is 0.650. The van der Waals surface area contributed by atoms with E-state index in [1.807, 2.05) is 53.3 Å². The van der Waals surface area contributed by atoms with Gasteiger partial charge < -0.3 is 10.2 Å². The summed E-state index contributed by atoms with van der Waals surface area (Å²) in [5.74, 6) is -0.0894. The van der Waals surface area contributed by atoms with E-state index >= 15 is 0 Å². The summed E-state index contributed by atoms with van der Waals surface area (Å²) in [6.45, 7) is 5.19. The van der Waals surface area contributed by atoms with E-state index in [2.05, 4.69) is 37.1 Å². The predicted molar refractivity (Wildman–Crippen MR) is 115 cm³/mol. The van der Waals surface area contributed by atoms with Crippen molar-refractivity contribution < 1.29 is 4.79 Å². The zero-order valence-corrected chi connectivity index (χ0v) is 17.2. The molecule has 8 nitrogen and oxygen atoms in total. The van der Waals surface area contributed by atoms with E-state index in [-0.39, 0.29) is 5.91 Å². The number of anilines is 1. The van der Waals surface area contributed by atoms with Crippen molar-refractivity contribution in [2.75, 3.05) is 31.1 Å². The molecule has 3 aromatic rings. The van der Waals surface area contributed by atoms with Crippen LogP contribution in [0.15, 0.2) is 67.3 Å². The molecule has 8 heteroatoms. The van der Waals surface area contributed by atoms with Crippen molar-refractivity contribution in [2.24, 2.45) is 0 Å². The van der Waals surface area contributed by atoms with Gasteiger partial charge in [0.15, 0.2) is 5.79 Å². The predicted octanol–water partition coefficient (Wildman–Crippen LogP) is 2.34. The average molecular weight is 406 g/mol. The molecule has 0 aliphatic carbocycles. The standard InChI is InChI=1S/C22H27N7O/c1-2-10-22(29-14-7-13-25-29,26-20(30)19-8-4-3-5-9-19)28-17-15-27(16-18-28)21-23-11-6-12-24-21/h3-9,11-14H,2,10,15-18H2,1H3,(H,26,30). The Morgan fingerprint density at radius 3 is 2.37 bits per heavy atom. The fraction of sp³-hybridized carbons (Fsp3) is 0.364. The summed E-state index contributed by atoms with van der Waals surface area (Å²) in [5, 5.41) is 7.84. The first-order chi connectivity index (χ1) is 14.7. The molecular weight excluding hydrogens is 378 g/mol. The molecule has 1 aliphatic heterocycles. The van der Waals surface area contributed by atoms with Gasteiger partial charge in [-0.3, -0.25) is 9.69 Å². The number of nitrogens with zero attached hydrogens (tertiary/aromatic N) is 6. The van der Waals surface area contributed by atoms with Crippen molar-refractivity contribution in [3.63, 3.8) is 0 Å². The van der Waals surface area contributed by atoms with Crippen molar-refractivity contribution >= 4 is 11.9 Å². The second-order valence-electron chi connectivity index (χ2n) is 7.36. The molecule has 1 saturated heterocycles. The molecule has 0 radical (unpaired) electrons. The molecule has 1 unspecified atom stereocenters. The first kappa shape index (κ1) is 20.0. The van der Waals surface area contributed by atoms with Gasteiger partial charge in [0.05, 0.1) is 0 Å². The molecular formula is C22H27N7O. The minimum absolute atomic E-state index is 0.103. The summed E-state index contributed by atoms with van der Waals surface area (Å²) >= 11 is 0. The van der Waals surface area contributed by atoms with Crippen molar-refractivity contribution in [3.8, 4) is 0 Å². The van der Waals surface area contributed by atoms with E-state index in [1.165, 1.54) is 0 Å². The fourth-order valence-electron chi connectivity index (χ4n) is 4.03. The molecule has 3 heterocycles. The summed E-state index contributed by atoms with van der Waals surface area (Å²) in [4.78, 5) is 26.4. The first-order valence-electron chi connectivity index (χ1n) is 10.4. The van der Waals surface area contributed by atoms with Crippen molar-refractivity contribution in [3.05, 3.63) is 72.8 Å². The SMILES string of the molecule is CCCC(NC(=O)c1ccccc1)(N1CCN(c2ncccn2)CC1)n1cccn1. The molecule has 2 aromatic heterocycles. The van der Waals surface area contributed by atoms with Gasteiger partial charge in [-0.05, 0) is 24.3 Å². The number of piperazine rings is 1. The normalized spacial score (nSPS) is 16.8. The van der Waals surface area contributed by atoms with Crippen LogP contribution in [0.4, 0.5) is 5.95 Å². The zero-order valence-electron chi connectivity index (χ0n) is 17.2. The van der Waals surface area contributed by atoms with Gasteiger partial charge in [-0.2, -0.15) is 5.10 Å². The number of hydrogen-bond donors (Lipinski definition) is 1. The third-order valence-corrected chi connectivity index (χ3v) is 5.47. The fourth-order valence-corrected chi connectivity index (χ4v) is 4.03. The minimum atomic E-state index is -0.727. The number of hydrogen-bond acceptors (Lipinski definition) is 6. The molecule has 1 atom stereocenters. The maximum atomic E-state index is 13.1. The van der Waals surface area contributed by atoms with Crippen LogP contribution < -0.4 is 10.2 Å². The van der Waals surface area contributed by atoms with Crippen LogP contribution in [0, 0.1) is 0 Å². The molecule has 4 rings (SSSR count). The van der Waals surface area contributed by atoms with Gasteiger partial charge in [-0.1, -0.05) is 31.5 Å². The Kier molecular flexibility index (Phi) is 6.04. The Morgan fingerprint density at radius 1 is 1.00 bits per heavy atom. The lowest BCUT2D eigenvalue weighted by molar-refractivity contribution is -0.0329. The largest absolute Gasteiger partial charge is 0.338 e. The van der Waals surface area contributed by atoms with E-state index in [1.54, 1.807) is 18.6 Å². The highest BCUT2D eigenvalue weighted by atomic mass is 16.2. The number of carbonyl (C=O) groups excluding carboxylic acids is 1. The lowest BCUT2D eigenvalue weighted by Crippen LogP contribution is -2.66. The van der Waals surface area contributed by atoms with Gasteiger partial charge in [0.25, 0.3) is 5.91 Å². The summed E-state index contributed by atoms with van der Waals surface area (Å²) in [5.41, 5.74) is 0.640. The Bertz CT molecular complexity index is 925. The number of benzene rings is 1. The van der Waals surface area contributed by atoms with E-state index in [0.29, 0.717) is 5.56 Å². The van der Waals surface area contributed by atoms with Crippen molar-refractivity contribution in [1.82, 2.24) is 30.0 Å². The van der Waals surface area contributed by atoms with Crippen LogP contribution in [-0.4, -0.2) is 56.7 Å². The molecule has 1 aliphatic rings. The Balaban J connectivity index is 1.60. The number of amides is 1. The highest BCUT2D eigenvalue weighted by Crippen LogP contribution is 2.27. The maximum Gasteiger partial charge on any atom is 0.254 e. The molecule has 0 bridgehead atoms. The molecule has 156 valence electrons. The zero-order chi connectivity index (χ0) is 20.8. The van der Waals surface area contributed by atoms with E-state index < -0.39 is 5.79 Å². The molecule has 30 heavy (non-hydrogen) atoms. The van der Waals surface area contributed by atoms with Gasteiger partial charge in [-0.15, -0.1) is 0 Å². The molecule has 1 N–H and O–H groups in total. The molecule has 1 aromatic carbocycles. The lowest BCUT2D eigenvalue weighted by Gasteiger charge is -2.47. The second-order valence-corrected chi connectivity index (χ2v) is 7.36. The molecule has 0 saturated carbocycles. The third-order valence-electron chi connectivity index (χ3n) is 5.47. The summed E-state index contributed by atoms with van der Waals surface area (Å²) in [6, 6.07) is 13.1. The summed E-state index contributed by atoms with van der Waals surface area (Å²) < 4.78 is 1.88. The lowest BCUT2D eigenvalue weighted by atomic mass is 10.1. The van der Waals surface area contributed by atoms with Crippen LogP contribution in [0.2, 0.25) is 0 Å². The van der Waals surface area contributed by atoms with Crippen molar-refractivity contribution in [2.45, 2.75) is 25.6 Å². The highest BCUT2D eigenvalue weighted by Gasteiger charge is 2.41. The molecule has 1 amide bonds. The number of carbonyl (C=O) groups is 1. The average Bonchev–Trinajstić information content (AvgIpc) is 3.35. The van der Waals surface area contributed by atoms with Crippen LogP contribution in [0.3, 0.4) is 0 Å². The first-order valence-corrected chi connectivity index (χ1v) is 10.4. The smallest absolute Gasteiger partial charge is 0.254 e. The number of aromatic nitrogens is 4. The van der Waals surface area contributed by atoms with E-state index in [9.17, 15) is 4.79 Å². The van der Waals surface area contributed by atoms with Crippen LogP contribution in [0.5, 0.6) is 0 Å². The van der Waals surface area contributed by atoms with E-state index in [0.717, 1.165) is 45.0 Å². The Morgan fingerprint density at radius 2 is 1.73 bits per heavy atom. The van der Waals surface area contributed by atoms with Gasteiger partial charge in [0.2, 0.25) is 5.95 Å². The van der Waals surface area contributed by atoms with Gasteiger partial charge in [0.1, 0.15) is 0 Å². The summed E-state index contributed by atoms with van der Waals surface area (Å²) in [6.07, 6.45) is 8.85. The Hall–Kier alpha value is -3.26. The molecule has 1 fully saturated rings. The van der Waals surface area contributed by atoms with Crippen LogP contribution in [0.1, 0.15) is 30.1 Å². The van der Waals surface area contributed by atoms with Crippen LogP contribution >= 0.6 is 0 Å². The highest BCUT2D eigenvalue weighted by molar-refractivity contribution is 5.94. The number of rotatable bonds is 7.